The van der Waals surface area contributed by atoms with Crippen LogP contribution >= 0.6 is 0 Å². The zero-order chi connectivity index (χ0) is 37.7. The van der Waals surface area contributed by atoms with Crippen LogP contribution in [0.2, 0.25) is 0 Å². The molecule has 0 unspecified atom stereocenters. The minimum Gasteiger partial charge on any atom is -0.310 e. The maximum atomic E-state index is 2.41. The van der Waals surface area contributed by atoms with Crippen molar-refractivity contribution in [2.45, 2.75) is 0 Å². The van der Waals surface area contributed by atoms with Gasteiger partial charge >= 0.3 is 0 Å². The van der Waals surface area contributed by atoms with Crippen LogP contribution in [0.1, 0.15) is 0 Å². The summed E-state index contributed by atoms with van der Waals surface area (Å²) in [6.07, 6.45) is 0. The summed E-state index contributed by atoms with van der Waals surface area (Å²) in [5.41, 5.74) is 10.7. The van der Waals surface area contributed by atoms with E-state index in [4.69, 9.17) is 0 Å². The Morgan fingerprint density at radius 1 is 0.228 bits per heavy atom. The van der Waals surface area contributed by atoms with Crippen LogP contribution in [0.3, 0.4) is 0 Å². The predicted octanol–water partition coefficient (Wildman–Crippen LogP) is 15.9. The summed E-state index contributed by atoms with van der Waals surface area (Å²) in [4.78, 5) is 2.41. The lowest BCUT2D eigenvalue weighted by Crippen LogP contribution is -2.10. The van der Waals surface area contributed by atoms with Crippen molar-refractivity contribution < 1.29 is 0 Å². The first-order valence-electron chi connectivity index (χ1n) is 19.7. The van der Waals surface area contributed by atoms with Gasteiger partial charge in [-0.05, 0) is 118 Å². The number of rotatable bonds is 6. The maximum Gasteiger partial charge on any atom is 0.0540 e. The lowest BCUT2D eigenvalue weighted by Gasteiger charge is -2.27. The molecule has 0 N–H and O–H groups in total. The Morgan fingerprint density at radius 3 is 1.46 bits per heavy atom. The standard InChI is InChI=1S/C56H37N/c1-3-16-41(17-4-1)55-52-24-12-11-23-50(52)51-34-30-43(37-53(51)56(55)42-18-5-2-6-19-42)38-28-31-45(32-29-38)57(54-25-13-20-39-14-8-10-22-49(39)54)46-33-35-48-44(36-46)27-26-40-15-7-9-21-47(40)48/h1-37H. The van der Waals surface area contributed by atoms with Gasteiger partial charge in [0.1, 0.15) is 0 Å². The molecule has 11 aromatic rings. The lowest BCUT2D eigenvalue weighted by molar-refractivity contribution is 1.30. The van der Waals surface area contributed by atoms with Gasteiger partial charge in [0.15, 0.2) is 0 Å². The number of hydrogen-bond acceptors (Lipinski definition) is 1. The van der Waals surface area contributed by atoms with Crippen molar-refractivity contribution in [2.75, 3.05) is 4.90 Å². The maximum absolute atomic E-state index is 2.41. The number of hydrogen-bond donors (Lipinski definition) is 0. The molecule has 1 heteroatoms. The Labute approximate surface area is 332 Å². The fourth-order valence-electron chi connectivity index (χ4n) is 8.95. The monoisotopic (exact) mass is 723 g/mol. The minimum absolute atomic E-state index is 1.11. The summed E-state index contributed by atoms with van der Waals surface area (Å²) in [6.45, 7) is 0. The molecule has 11 rings (SSSR count). The van der Waals surface area contributed by atoms with Crippen LogP contribution in [0.4, 0.5) is 17.1 Å². The number of anilines is 3. The third-order valence-corrected chi connectivity index (χ3v) is 11.6. The third-order valence-electron chi connectivity index (χ3n) is 11.6. The molecule has 1 nitrogen and oxygen atoms in total. The summed E-state index contributed by atoms with van der Waals surface area (Å²) in [6, 6.07) is 82.0. The molecular formula is C56H37N. The second-order valence-corrected chi connectivity index (χ2v) is 14.9. The second-order valence-electron chi connectivity index (χ2n) is 14.9. The van der Waals surface area contributed by atoms with Crippen molar-refractivity contribution >= 4 is 70.9 Å². The van der Waals surface area contributed by atoms with Crippen molar-refractivity contribution in [1.29, 1.82) is 0 Å². The van der Waals surface area contributed by atoms with E-state index in [0.29, 0.717) is 0 Å². The normalized spacial score (nSPS) is 11.5. The fourth-order valence-corrected chi connectivity index (χ4v) is 8.95. The molecule has 0 aliphatic rings. The molecule has 0 aliphatic heterocycles. The molecule has 0 spiro atoms. The van der Waals surface area contributed by atoms with Crippen LogP contribution in [0.5, 0.6) is 0 Å². The van der Waals surface area contributed by atoms with Crippen molar-refractivity contribution in [1.82, 2.24) is 0 Å². The van der Waals surface area contributed by atoms with E-state index < -0.39 is 0 Å². The van der Waals surface area contributed by atoms with Gasteiger partial charge in [0, 0.05) is 16.8 Å². The minimum atomic E-state index is 1.11. The third kappa shape index (κ3) is 5.63. The second kappa shape index (κ2) is 13.7. The van der Waals surface area contributed by atoms with Crippen molar-refractivity contribution in [3.05, 3.63) is 224 Å². The molecule has 57 heavy (non-hydrogen) atoms. The Bertz CT molecular complexity index is 3270. The first-order valence-corrected chi connectivity index (χ1v) is 19.7. The lowest BCUT2D eigenvalue weighted by atomic mass is 9.84. The highest BCUT2D eigenvalue weighted by molar-refractivity contribution is 6.22. The SMILES string of the molecule is c1ccc(-c2c(-c3ccccc3)c3cc(-c4ccc(N(c5ccc6c(ccc7ccccc76)c5)c5cccc6ccccc56)cc4)ccc3c3ccccc23)cc1. The predicted molar refractivity (Wildman–Crippen MR) is 245 cm³/mol. The van der Waals surface area contributed by atoms with E-state index in [0.717, 1.165) is 17.1 Å². The molecule has 11 aromatic carbocycles. The van der Waals surface area contributed by atoms with Gasteiger partial charge in [-0.1, -0.05) is 188 Å². The Kier molecular flexibility index (Phi) is 7.89. The van der Waals surface area contributed by atoms with E-state index >= 15 is 0 Å². The van der Waals surface area contributed by atoms with Gasteiger partial charge in [-0.3, -0.25) is 0 Å². The fraction of sp³-hybridized carbons (Fsp3) is 0. The van der Waals surface area contributed by atoms with Crippen LogP contribution in [0, 0.1) is 0 Å². The summed E-state index contributed by atoms with van der Waals surface area (Å²) in [7, 11) is 0. The topological polar surface area (TPSA) is 3.24 Å². The Hall–Kier alpha value is -7.48. The van der Waals surface area contributed by atoms with Crippen LogP contribution in [0.15, 0.2) is 224 Å². The van der Waals surface area contributed by atoms with E-state index in [1.807, 2.05) is 0 Å². The highest BCUT2D eigenvalue weighted by Gasteiger charge is 2.20. The summed E-state index contributed by atoms with van der Waals surface area (Å²) < 4.78 is 0. The molecule has 0 radical (unpaired) electrons. The van der Waals surface area contributed by atoms with E-state index in [-0.39, 0.29) is 0 Å². The van der Waals surface area contributed by atoms with E-state index in [1.165, 1.54) is 87.2 Å². The zero-order valence-electron chi connectivity index (χ0n) is 31.3. The first kappa shape index (κ1) is 32.9. The molecule has 0 saturated carbocycles. The molecule has 0 heterocycles. The number of nitrogens with zero attached hydrogens (tertiary/aromatic N) is 1. The summed E-state index contributed by atoms with van der Waals surface area (Å²) >= 11 is 0. The smallest absolute Gasteiger partial charge is 0.0540 e. The average Bonchev–Trinajstić information content (AvgIpc) is 3.29. The highest BCUT2D eigenvalue weighted by Crippen LogP contribution is 2.46. The van der Waals surface area contributed by atoms with Gasteiger partial charge in [0.25, 0.3) is 0 Å². The molecule has 0 amide bonds. The van der Waals surface area contributed by atoms with Gasteiger partial charge in [0.05, 0.1) is 5.69 Å². The van der Waals surface area contributed by atoms with Gasteiger partial charge in [0.2, 0.25) is 0 Å². The molecular weight excluding hydrogens is 687 g/mol. The Morgan fingerprint density at radius 2 is 0.719 bits per heavy atom. The molecule has 0 bridgehead atoms. The average molecular weight is 724 g/mol. The van der Waals surface area contributed by atoms with Gasteiger partial charge in [-0.15, -0.1) is 0 Å². The van der Waals surface area contributed by atoms with Crippen molar-refractivity contribution in [3.8, 4) is 33.4 Å². The number of benzene rings is 11. The first-order chi connectivity index (χ1) is 28.3. The molecule has 0 aromatic heterocycles. The largest absolute Gasteiger partial charge is 0.310 e. The molecule has 0 saturated heterocycles. The van der Waals surface area contributed by atoms with Crippen molar-refractivity contribution in [3.63, 3.8) is 0 Å². The zero-order valence-corrected chi connectivity index (χ0v) is 31.3. The summed E-state index contributed by atoms with van der Waals surface area (Å²) in [5, 5.41) is 12.5. The molecule has 0 atom stereocenters. The van der Waals surface area contributed by atoms with Gasteiger partial charge in [-0.25, -0.2) is 0 Å². The van der Waals surface area contributed by atoms with Crippen LogP contribution < -0.4 is 4.90 Å². The van der Waals surface area contributed by atoms with Gasteiger partial charge < -0.3 is 4.90 Å². The molecule has 0 aliphatic carbocycles. The Balaban J connectivity index is 1.09. The van der Waals surface area contributed by atoms with Gasteiger partial charge in [-0.2, -0.15) is 0 Å². The molecule has 0 fully saturated rings. The molecule has 266 valence electrons. The van der Waals surface area contributed by atoms with Crippen LogP contribution in [0.25, 0.3) is 87.2 Å². The van der Waals surface area contributed by atoms with E-state index in [1.54, 1.807) is 0 Å². The van der Waals surface area contributed by atoms with E-state index in [2.05, 4.69) is 229 Å². The highest BCUT2D eigenvalue weighted by atomic mass is 15.1. The summed E-state index contributed by atoms with van der Waals surface area (Å²) in [5.74, 6) is 0. The van der Waals surface area contributed by atoms with Crippen LogP contribution in [-0.4, -0.2) is 0 Å². The quantitative estimate of drug-likeness (QED) is 0.154. The number of fused-ring (bicyclic) bond motifs is 7. The van der Waals surface area contributed by atoms with Crippen LogP contribution in [-0.2, 0) is 0 Å². The van der Waals surface area contributed by atoms with Crippen molar-refractivity contribution in [2.24, 2.45) is 0 Å². The van der Waals surface area contributed by atoms with E-state index in [9.17, 15) is 0 Å².